The van der Waals surface area contributed by atoms with Crippen molar-refractivity contribution in [1.82, 2.24) is 15.2 Å². The first kappa shape index (κ1) is 12.6. The number of carbonyl (C=O) groups excluding carboxylic acids is 2. The summed E-state index contributed by atoms with van der Waals surface area (Å²) in [5.41, 5.74) is 0.171. The van der Waals surface area contributed by atoms with Crippen LogP contribution in [-0.2, 0) is 16.1 Å². The van der Waals surface area contributed by atoms with Gasteiger partial charge in [-0.2, -0.15) is 0 Å². The molecule has 0 radical (unpaired) electrons. The van der Waals surface area contributed by atoms with Crippen LogP contribution in [0.4, 0.5) is 0 Å². The van der Waals surface area contributed by atoms with E-state index in [1.807, 2.05) is 19.2 Å². The molecule has 1 saturated heterocycles. The standard InChI is InChI=1S/C13H17N3O2S/c1-8-15-10(7-19-8)6-16-11(17)5-14-12(18)13(16,2)9-3-4-9/h7,9H,3-6H2,1-2H3,(H,14,18). The molecule has 1 aromatic heterocycles. The summed E-state index contributed by atoms with van der Waals surface area (Å²) in [4.78, 5) is 30.5. The van der Waals surface area contributed by atoms with Gasteiger partial charge in [0.15, 0.2) is 0 Å². The van der Waals surface area contributed by atoms with E-state index >= 15 is 0 Å². The Morgan fingerprint density at radius 3 is 2.84 bits per heavy atom. The summed E-state index contributed by atoms with van der Waals surface area (Å²) in [6.45, 7) is 4.36. The Labute approximate surface area is 116 Å². The van der Waals surface area contributed by atoms with Gasteiger partial charge < -0.3 is 10.2 Å². The normalized spacial score (nSPS) is 27.6. The Kier molecular flexibility index (Phi) is 2.85. The van der Waals surface area contributed by atoms with Crippen molar-refractivity contribution in [2.24, 2.45) is 5.92 Å². The van der Waals surface area contributed by atoms with Gasteiger partial charge in [0.2, 0.25) is 11.8 Å². The number of aromatic nitrogens is 1. The molecule has 2 aliphatic rings. The minimum atomic E-state index is -0.702. The molecule has 2 fully saturated rings. The predicted octanol–water partition coefficient (Wildman–Crippen LogP) is 1.08. The Hall–Kier alpha value is -1.43. The van der Waals surface area contributed by atoms with Crippen molar-refractivity contribution in [1.29, 1.82) is 0 Å². The Balaban J connectivity index is 1.90. The van der Waals surface area contributed by atoms with Crippen LogP contribution < -0.4 is 5.32 Å². The number of piperazine rings is 1. The molecule has 1 aliphatic carbocycles. The zero-order chi connectivity index (χ0) is 13.6. The van der Waals surface area contributed by atoms with Crippen LogP contribution in [0.15, 0.2) is 5.38 Å². The number of rotatable bonds is 3. The SMILES string of the molecule is Cc1nc(CN2C(=O)CNC(=O)C2(C)C2CC2)cs1. The van der Waals surface area contributed by atoms with E-state index in [0.29, 0.717) is 6.54 Å². The molecule has 19 heavy (non-hydrogen) atoms. The second-order valence-electron chi connectivity index (χ2n) is 5.44. The number of thiazole rings is 1. The van der Waals surface area contributed by atoms with E-state index in [4.69, 9.17) is 0 Å². The highest BCUT2D eigenvalue weighted by atomic mass is 32.1. The second-order valence-corrected chi connectivity index (χ2v) is 6.50. The first-order valence-corrected chi connectivity index (χ1v) is 7.39. The number of amides is 2. The maximum Gasteiger partial charge on any atom is 0.246 e. The first-order valence-electron chi connectivity index (χ1n) is 6.51. The summed E-state index contributed by atoms with van der Waals surface area (Å²) in [6.07, 6.45) is 2.04. The Morgan fingerprint density at radius 2 is 2.26 bits per heavy atom. The van der Waals surface area contributed by atoms with Gasteiger partial charge in [0, 0.05) is 5.38 Å². The fourth-order valence-corrected chi connectivity index (χ4v) is 3.36. The van der Waals surface area contributed by atoms with Gasteiger partial charge >= 0.3 is 0 Å². The monoisotopic (exact) mass is 279 g/mol. The third-order valence-electron chi connectivity index (χ3n) is 4.08. The van der Waals surface area contributed by atoms with Crippen molar-refractivity contribution < 1.29 is 9.59 Å². The number of aryl methyl sites for hydroxylation is 1. The van der Waals surface area contributed by atoms with Crippen LogP contribution in [0.5, 0.6) is 0 Å². The predicted molar refractivity (Wildman–Crippen MR) is 71.5 cm³/mol. The summed E-state index contributed by atoms with van der Waals surface area (Å²) in [6, 6.07) is 0. The van der Waals surface area contributed by atoms with E-state index in [-0.39, 0.29) is 24.3 Å². The minimum absolute atomic E-state index is 0.0142. The van der Waals surface area contributed by atoms with Crippen molar-refractivity contribution in [3.63, 3.8) is 0 Å². The van der Waals surface area contributed by atoms with Crippen molar-refractivity contribution in [3.05, 3.63) is 16.1 Å². The van der Waals surface area contributed by atoms with Crippen molar-refractivity contribution in [3.8, 4) is 0 Å². The fraction of sp³-hybridized carbons (Fsp3) is 0.615. The highest BCUT2D eigenvalue weighted by Crippen LogP contribution is 2.44. The van der Waals surface area contributed by atoms with E-state index in [2.05, 4.69) is 10.3 Å². The lowest BCUT2D eigenvalue weighted by molar-refractivity contribution is -0.155. The lowest BCUT2D eigenvalue weighted by Crippen LogP contribution is -2.66. The number of nitrogens with zero attached hydrogens (tertiary/aromatic N) is 2. The summed E-state index contributed by atoms with van der Waals surface area (Å²) in [5, 5.41) is 5.66. The molecule has 1 aromatic rings. The highest BCUT2D eigenvalue weighted by Gasteiger charge is 2.54. The number of hydrogen-bond acceptors (Lipinski definition) is 4. The molecule has 1 unspecified atom stereocenters. The molecule has 2 amide bonds. The molecule has 0 bridgehead atoms. The van der Waals surface area contributed by atoms with Gasteiger partial charge in [-0.3, -0.25) is 9.59 Å². The van der Waals surface area contributed by atoms with Crippen LogP contribution in [0.25, 0.3) is 0 Å². The third kappa shape index (κ3) is 2.04. The lowest BCUT2D eigenvalue weighted by Gasteiger charge is -2.43. The largest absolute Gasteiger partial charge is 0.345 e. The van der Waals surface area contributed by atoms with Gasteiger partial charge in [-0.1, -0.05) is 0 Å². The summed E-state index contributed by atoms with van der Waals surface area (Å²) in [5.74, 6) is 0.248. The molecule has 1 atom stereocenters. The van der Waals surface area contributed by atoms with Gasteiger partial charge in [0.1, 0.15) is 5.54 Å². The molecular weight excluding hydrogens is 262 g/mol. The maximum absolute atomic E-state index is 12.2. The van der Waals surface area contributed by atoms with Crippen LogP contribution in [0, 0.1) is 12.8 Å². The van der Waals surface area contributed by atoms with Crippen LogP contribution in [-0.4, -0.2) is 33.8 Å². The molecule has 2 heterocycles. The zero-order valence-corrected chi connectivity index (χ0v) is 11.9. The summed E-state index contributed by atoms with van der Waals surface area (Å²) < 4.78 is 0. The fourth-order valence-electron chi connectivity index (χ4n) is 2.76. The van der Waals surface area contributed by atoms with Crippen LogP contribution >= 0.6 is 11.3 Å². The van der Waals surface area contributed by atoms with E-state index in [1.54, 1.807) is 16.2 Å². The van der Waals surface area contributed by atoms with Gasteiger partial charge in [0.05, 0.1) is 23.8 Å². The summed E-state index contributed by atoms with van der Waals surface area (Å²) >= 11 is 1.57. The quantitative estimate of drug-likeness (QED) is 0.900. The number of carbonyl (C=O) groups is 2. The van der Waals surface area contributed by atoms with Crippen LogP contribution in [0.2, 0.25) is 0 Å². The molecule has 102 valence electrons. The van der Waals surface area contributed by atoms with Crippen LogP contribution in [0.3, 0.4) is 0 Å². The number of nitrogens with one attached hydrogen (secondary N) is 1. The van der Waals surface area contributed by atoms with Crippen molar-refractivity contribution in [2.75, 3.05) is 6.54 Å². The average molecular weight is 279 g/mol. The van der Waals surface area contributed by atoms with Gasteiger partial charge in [-0.05, 0) is 32.6 Å². The van der Waals surface area contributed by atoms with E-state index in [0.717, 1.165) is 23.5 Å². The molecule has 0 aromatic carbocycles. The Bertz CT molecular complexity index is 538. The maximum atomic E-state index is 12.2. The topological polar surface area (TPSA) is 62.3 Å². The van der Waals surface area contributed by atoms with E-state index < -0.39 is 5.54 Å². The molecule has 1 aliphatic heterocycles. The molecular formula is C13H17N3O2S. The van der Waals surface area contributed by atoms with Gasteiger partial charge in [-0.15, -0.1) is 11.3 Å². The average Bonchev–Trinajstić information content (AvgIpc) is 3.15. The van der Waals surface area contributed by atoms with E-state index in [9.17, 15) is 9.59 Å². The van der Waals surface area contributed by atoms with E-state index in [1.165, 1.54) is 0 Å². The van der Waals surface area contributed by atoms with Crippen molar-refractivity contribution in [2.45, 2.75) is 38.8 Å². The second kappa shape index (κ2) is 4.30. The highest BCUT2D eigenvalue weighted by molar-refractivity contribution is 7.09. The van der Waals surface area contributed by atoms with Gasteiger partial charge in [0.25, 0.3) is 0 Å². The van der Waals surface area contributed by atoms with Crippen LogP contribution in [0.1, 0.15) is 30.5 Å². The smallest absolute Gasteiger partial charge is 0.246 e. The van der Waals surface area contributed by atoms with Crippen molar-refractivity contribution >= 4 is 23.2 Å². The molecule has 0 spiro atoms. The van der Waals surface area contributed by atoms with Gasteiger partial charge in [-0.25, -0.2) is 4.98 Å². The summed E-state index contributed by atoms with van der Waals surface area (Å²) in [7, 11) is 0. The zero-order valence-electron chi connectivity index (χ0n) is 11.1. The molecule has 1 N–H and O–H groups in total. The molecule has 1 saturated carbocycles. The third-order valence-corrected chi connectivity index (χ3v) is 4.90. The molecule has 3 rings (SSSR count). The Morgan fingerprint density at radius 1 is 1.53 bits per heavy atom. The molecule has 5 nitrogen and oxygen atoms in total. The lowest BCUT2D eigenvalue weighted by atomic mass is 9.89. The number of hydrogen-bond donors (Lipinski definition) is 1. The molecule has 6 heteroatoms. The first-order chi connectivity index (χ1) is 9.01. The minimum Gasteiger partial charge on any atom is -0.345 e.